The van der Waals surface area contributed by atoms with E-state index < -0.39 is 0 Å². The minimum Gasteiger partial charge on any atom is -0.301 e. The number of hydrogen-bond donors (Lipinski definition) is 0. The normalized spacial score (nSPS) is 43.2. The SMILES string of the molecule is C/N=C\C(C(C)C)C1C(C)[C@H]2CCC12. The fourth-order valence-electron chi connectivity index (χ4n) is 3.74. The van der Waals surface area contributed by atoms with Crippen LogP contribution in [0.1, 0.15) is 33.6 Å². The van der Waals surface area contributed by atoms with Gasteiger partial charge in [-0.2, -0.15) is 0 Å². The molecule has 2 aliphatic carbocycles. The van der Waals surface area contributed by atoms with Crippen LogP contribution in [0, 0.1) is 35.5 Å². The van der Waals surface area contributed by atoms with E-state index in [2.05, 4.69) is 32.0 Å². The van der Waals surface area contributed by atoms with Gasteiger partial charge >= 0.3 is 0 Å². The molecule has 0 spiro atoms. The van der Waals surface area contributed by atoms with Crippen LogP contribution in [0.2, 0.25) is 0 Å². The number of nitrogens with zero attached hydrogens (tertiary/aromatic N) is 1. The maximum Gasteiger partial charge on any atom is 0.0273 e. The third-order valence-electron chi connectivity index (χ3n) is 4.70. The molecule has 14 heavy (non-hydrogen) atoms. The highest BCUT2D eigenvalue weighted by atomic mass is 14.7. The minimum atomic E-state index is 0.733. The zero-order valence-corrected chi connectivity index (χ0v) is 9.90. The van der Waals surface area contributed by atoms with Crippen LogP contribution in [0.5, 0.6) is 0 Å². The lowest BCUT2D eigenvalue weighted by Gasteiger charge is -2.61. The number of fused-ring (bicyclic) bond motifs is 1. The lowest BCUT2D eigenvalue weighted by molar-refractivity contribution is -0.114. The number of rotatable bonds is 3. The molecular weight excluding hydrogens is 170 g/mol. The van der Waals surface area contributed by atoms with Gasteiger partial charge in [-0.15, -0.1) is 0 Å². The van der Waals surface area contributed by atoms with E-state index in [1.807, 2.05) is 7.05 Å². The van der Waals surface area contributed by atoms with Gasteiger partial charge in [0.05, 0.1) is 0 Å². The van der Waals surface area contributed by atoms with E-state index in [0.717, 1.165) is 35.5 Å². The average molecular weight is 193 g/mol. The van der Waals surface area contributed by atoms with Crippen LogP contribution in [0.25, 0.3) is 0 Å². The molecule has 2 fully saturated rings. The lowest BCUT2D eigenvalue weighted by Crippen LogP contribution is -2.55. The summed E-state index contributed by atoms with van der Waals surface area (Å²) in [7, 11) is 1.91. The molecule has 0 aromatic heterocycles. The van der Waals surface area contributed by atoms with Crippen LogP contribution < -0.4 is 0 Å². The predicted octanol–water partition coefficient (Wildman–Crippen LogP) is 3.25. The summed E-state index contributed by atoms with van der Waals surface area (Å²) in [5, 5.41) is 0. The Labute approximate surface area is 88.0 Å². The van der Waals surface area contributed by atoms with Crippen molar-refractivity contribution in [3.8, 4) is 0 Å². The minimum absolute atomic E-state index is 0.733. The van der Waals surface area contributed by atoms with Gasteiger partial charge in [0.2, 0.25) is 0 Å². The molecule has 0 saturated heterocycles. The summed E-state index contributed by atoms with van der Waals surface area (Å²) >= 11 is 0. The summed E-state index contributed by atoms with van der Waals surface area (Å²) in [4.78, 5) is 4.25. The van der Waals surface area contributed by atoms with Crippen LogP contribution in [0.15, 0.2) is 4.99 Å². The topological polar surface area (TPSA) is 12.4 Å². The second-order valence-electron chi connectivity index (χ2n) is 5.57. The number of aliphatic imine (C=N–C) groups is 1. The van der Waals surface area contributed by atoms with Gasteiger partial charge in [-0.1, -0.05) is 20.8 Å². The van der Waals surface area contributed by atoms with Gasteiger partial charge in [-0.05, 0) is 48.3 Å². The second-order valence-corrected chi connectivity index (χ2v) is 5.57. The fourth-order valence-corrected chi connectivity index (χ4v) is 3.74. The Bertz CT molecular complexity index is 225. The van der Waals surface area contributed by atoms with Crippen molar-refractivity contribution in [1.82, 2.24) is 0 Å². The molecule has 0 bridgehead atoms. The molecule has 2 aliphatic rings. The van der Waals surface area contributed by atoms with Crippen LogP contribution in [0.3, 0.4) is 0 Å². The highest BCUT2D eigenvalue weighted by Crippen LogP contribution is 2.61. The molecule has 0 aromatic carbocycles. The van der Waals surface area contributed by atoms with Crippen LogP contribution in [0.4, 0.5) is 0 Å². The Morgan fingerprint density at radius 2 is 1.86 bits per heavy atom. The van der Waals surface area contributed by atoms with Crippen molar-refractivity contribution in [2.75, 3.05) is 7.05 Å². The first-order valence-corrected chi connectivity index (χ1v) is 6.09. The number of hydrogen-bond acceptors (Lipinski definition) is 1. The van der Waals surface area contributed by atoms with E-state index in [0.29, 0.717) is 0 Å². The van der Waals surface area contributed by atoms with Crippen molar-refractivity contribution in [3.05, 3.63) is 0 Å². The largest absolute Gasteiger partial charge is 0.301 e. The highest BCUT2D eigenvalue weighted by Gasteiger charge is 2.55. The summed E-state index contributed by atoms with van der Waals surface area (Å²) in [6, 6.07) is 0. The van der Waals surface area contributed by atoms with Crippen LogP contribution >= 0.6 is 0 Å². The highest BCUT2D eigenvalue weighted by molar-refractivity contribution is 5.62. The average Bonchev–Trinajstić information content (AvgIpc) is 2.08. The summed E-state index contributed by atoms with van der Waals surface area (Å²) < 4.78 is 0. The Morgan fingerprint density at radius 1 is 1.21 bits per heavy atom. The Morgan fingerprint density at radius 3 is 2.21 bits per heavy atom. The maximum absolute atomic E-state index is 4.25. The van der Waals surface area contributed by atoms with Crippen molar-refractivity contribution in [3.63, 3.8) is 0 Å². The van der Waals surface area contributed by atoms with Crippen LogP contribution in [-0.2, 0) is 0 Å². The van der Waals surface area contributed by atoms with Gasteiger partial charge in [0.25, 0.3) is 0 Å². The summed E-state index contributed by atoms with van der Waals surface area (Å²) in [5.41, 5.74) is 0. The van der Waals surface area contributed by atoms with Gasteiger partial charge in [-0.25, -0.2) is 0 Å². The maximum atomic E-state index is 4.25. The molecule has 0 N–H and O–H groups in total. The van der Waals surface area contributed by atoms with E-state index in [4.69, 9.17) is 0 Å². The van der Waals surface area contributed by atoms with E-state index in [1.54, 1.807) is 0 Å². The van der Waals surface area contributed by atoms with Gasteiger partial charge < -0.3 is 4.99 Å². The van der Waals surface area contributed by atoms with Gasteiger partial charge in [0, 0.05) is 13.3 Å². The van der Waals surface area contributed by atoms with Crippen molar-refractivity contribution in [2.45, 2.75) is 33.6 Å². The zero-order valence-electron chi connectivity index (χ0n) is 9.90. The summed E-state index contributed by atoms with van der Waals surface area (Å²) in [5.74, 6) is 5.52. The molecule has 0 radical (unpaired) electrons. The summed E-state index contributed by atoms with van der Waals surface area (Å²) in [6.45, 7) is 7.12. The second kappa shape index (κ2) is 3.67. The van der Waals surface area contributed by atoms with E-state index in [9.17, 15) is 0 Å². The molecule has 4 unspecified atom stereocenters. The first-order chi connectivity index (χ1) is 6.66. The quantitative estimate of drug-likeness (QED) is 0.610. The monoisotopic (exact) mass is 193 g/mol. The van der Waals surface area contributed by atoms with Crippen molar-refractivity contribution >= 4 is 6.21 Å². The molecule has 80 valence electrons. The lowest BCUT2D eigenvalue weighted by atomic mass is 9.44. The van der Waals surface area contributed by atoms with Gasteiger partial charge in [-0.3, -0.25) is 0 Å². The van der Waals surface area contributed by atoms with Crippen molar-refractivity contribution < 1.29 is 0 Å². The molecule has 5 atom stereocenters. The van der Waals surface area contributed by atoms with E-state index >= 15 is 0 Å². The van der Waals surface area contributed by atoms with Crippen molar-refractivity contribution in [1.29, 1.82) is 0 Å². The molecule has 0 aliphatic heterocycles. The molecule has 0 heterocycles. The Balaban J connectivity index is 2.04. The standard InChI is InChI=1S/C13H23N/c1-8(2)12(7-14-4)13-9(3)10-5-6-11(10)13/h7-13H,5-6H2,1-4H3/b14-7-/t9?,10-,11?,12?,13?/m1/s1. The first-order valence-electron chi connectivity index (χ1n) is 6.09. The molecule has 2 rings (SSSR count). The van der Waals surface area contributed by atoms with Crippen molar-refractivity contribution in [2.24, 2.45) is 40.5 Å². The summed E-state index contributed by atoms with van der Waals surface area (Å²) in [6.07, 6.45) is 5.19. The van der Waals surface area contributed by atoms with Gasteiger partial charge in [0.1, 0.15) is 0 Å². The molecule has 0 aromatic rings. The molecular formula is C13H23N. The molecule has 1 heteroatoms. The fraction of sp³-hybridized carbons (Fsp3) is 0.923. The Hall–Kier alpha value is -0.330. The third-order valence-corrected chi connectivity index (χ3v) is 4.70. The molecule has 1 nitrogen and oxygen atoms in total. The van der Waals surface area contributed by atoms with Gasteiger partial charge in [0.15, 0.2) is 0 Å². The van der Waals surface area contributed by atoms with E-state index in [-0.39, 0.29) is 0 Å². The van der Waals surface area contributed by atoms with Crippen LogP contribution in [-0.4, -0.2) is 13.3 Å². The predicted molar refractivity (Wildman–Crippen MR) is 61.6 cm³/mol. The third kappa shape index (κ3) is 1.32. The molecule has 0 amide bonds. The Kier molecular flexibility index (Phi) is 2.68. The zero-order chi connectivity index (χ0) is 10.3. The molecule has 2 saturated carbocycles. The van der Waals surface area contributed by atoms with E-state index in [1.165, 1.54) is 12.8 Å². The first kappa shape index (κ1) is 10.2. The smallest absolute Gasteiger partial charge is 0.0273 e.